The molecule has 17 heavy (non-hydrogen) atoms. The van der Waals surface area contributed by atoms with Gasteiger partial charge in [0.1, 0.15) is 17.8 Å². The second-order valence-corrected chi connectivity index (χ2v) is 4.45. The van der Waals surface area contributed by atoms with Crippen molar-refractivity contribution in [1.82, 2.24) is 18.0 Å². The second kappa shape index (κ2) is 3.95. The molecule has 0 fully saturated rings. The normalized spacial score (nSPS) is 10.9. The van der Waals surface area contributed by atoms with E-state index < -0.39 is 0 Å². The summed E-state index contributed by atoms with van der Waals surface area (Å²) in [5.41, 5.74) is 8.45. The zero-order chi connectivity index (χ0) is 11.8. The molecule has 0 radical (unpaired) electrons. The van der Waals surface area contributed by atoms with E-state index in [1.54, 1.807) is 2.90 Å². The summed E-state index contributed by atoms with van der Waals surface area (Å²) in [4.78, 5) is 8.21. The zero-order valence-electron chi connectivity index (χ0n) is 8.71. The molecule has 0 spiro atoms. The van der Waals surface area contributed by atoms with Crippen LogP contribution < -0.4 is 5.73 Å². The zero-order valence-corrected chi connectivity index (χ0v) is 10.9. The molecule has 2 aromatic heterocycles. The van der Waals surface area contributed by atoms with Gasteiger partial charge in [-0.05, 0) is 0 Å². The van der Waals surface area contributed by atoms with Crippen LogP contribution in [0.2, 0.25) is 0 Å². The lowest BCUT2D eigenvalue weighted by Gasteiger charge is -1.98. The molecule has 2 N–H and O–H groups in total. The monoisotopic (exact) mass is 337 g/mol. The number of fused-ring (bicyclic) bond motifs is 1. The fourth-order valence-electron chi connectivity index (χ4n) is 1.74. The summed E-state index contributed by atoms with van der Waals surface area (Å²) in [5, 5.41) is 5.24. The highest BCUT2D eigenvalue weighted by Crippen LogP contribution is 2.30. The van der Waals surface area contributed by atoms with Crippen molar-refractivity contribution in [3.05, 3.63) is 36.7 Å². The van der Waals surface area contributed by atoms with Gasteiger partial charge in [0.2, 0.25) is 0 Å². The molecular weight excluding hydrogens is 329 g/mol. The van der Waals surface area contributed by atoms with E-state index in [-0.39, 0.29) is 0 Å². The van der Waals surface area contributed by atoms with Gasteiger partial charge in [-0.2, -0.15) is 7.99 Å². The van der Waals surface area contributed by atoms with Gasteiger partial charge in [-0.3, -0.25) is 0 Å². The number of benzene rings is 1. The van der Waals surface area contributed by atoms with Crippen LogP contribution in [-0.2, 0) is 0 Å². The van der Waals surface area contributed by atoms with Crippen LogP contribution in [0.1, 0.15) is 0 Å². The average molecular weight is 337 g/mol. The fraction of sp³-hybridized carbons (Fsp3) is 0. The van der Waals surface area contributed by atoms with Crippen LogP contribution in [0.5, 0.6) is 0 Å². The van der Waals surface area contributed by atoms with E-state index in [4.69, 9.17) is 5.73 Å². The molecular formula is C11H8IN5. The lowest BCUT2D eigenvalue weighted by atomic mass is 10.1. The number of nitrogens with zero attached hydrogens (tertiary/aromatic N) is 4. The lowest BCUT2D eigenvalue weighted by molar-refractivity contribution is 1.06. The van der Waals surface area contributed by atoms with E-state index in [2.05, 4.69) is 37.9 Å². The SMILES string of the molecule is Nc1ncnc2c1c(-c1ccccc1)nn2I. The lowest BCUT2D eigenvalue weighted by Crippen LogP contribution is -1.93. The van der Waals surface area contributed by atoms with Crippen molar-refractivity contribution >= 4 is 39.7 Å². The van der Waals surface area contributed by atoms with Crippen LogP contribution in [0.25, 0.3) is 22.3 Å². The Bertz CT molecular complexity index is 677. The minimum absolute atomic E-state index is 0.455. The Kier molecular flexibility index (Phi) is 2.43. The Labute approximate surface area is 111 Å². The van der Waals surface area contributed by atoms with Gasteiger partial charge in [-0.1, -0.05) is 30.3 Å². The second-order valence-electron chi connectivity index (χ2n) is 3.53. The van der Waals surface area contributed by atoms with Gasteiger partial charge in [-0.25, -0.2) is 9.97 Å². The number of anilines is 1. The van der Waals surface area contributed by atoms with Gasteiger partial charge in [0.15, 0.2) is 5.65 Å². The number of nitrogens with two attached hydrogens (primary N) is 1. The van der Waals surface area contributed by atoms with Crippen molar-refractivity contribution in [3.63, 3.8) is 0 Å². The molecule has 0 unspecified atom stereocenters. The third kappa shape index (κ3) is 1.64. The van der Waals surface area contributed by atoms with Crippen LogP contribution in [0.3, 0.4) is 0 Å². The minimum Gasteiger partial charge on any atom is -0.383 e. The van der Waals surface area contributed by atoms with Gasteiger partial charge in [0.25, 0.3) is 0 Å². The maximum atomic E-state index is 5.90. The summed E-state index contributed by atoms with van der Waals surface area (Å²) < 4.78 is 1.69. The molecule has 0 saturated heterocycles. The molecule has 0 aliphatic rings. The number of halogens is 1. The average Bonchev–Trinajstić information content (AvgIpc) is 2.70. The highest BCUT2D eigenvalue weighted by atomic mass is 127. The Balaban J connectivity index is 2.38. The van der Waals surface area contributed by atoms with Crippen molar-refractivity contribution in [2.24, 2.45) is 0 Å². The maximum absolute atomic E-state index is 5.90. The Hall–Kier alpha value is -1.70. The topological polar surface area (TPSA) is 69.6 Å². The highest BCUT2D eigenvalue weighted by Gasteiger charge is 2.15. The molecule has 5 nitrogen and oxygen atoms in total. The molecule has 3 rings (SSSR count). The molecule has 0 saturated carbocycles. The first-order valence-corrected chi connectivity index (χ1v) is 5.94. The van der Waals surface area contributed by atoms with Gasteiger partial charge in [-0.15, -0.1) is 0 Å². The summed E-state index contributed by atoms with van der Waals surface area (Å²) in [7, 11) is 0. The van der Waals surface area contributed by atoms with Crippen LogP contribution >= 0.6 is 22.9 Å². The molecule has 0 amide bonds. The van der Waals surface area contributed by atoms with E-state index >= 15 is 0 Å². The maximum Gasteiger partial charge on any atom is 0.174 e. The van der Waals surface area contributed by atoms with Crippen LogP contribution in [0, 0.1) is 0 Å². The summed E-state index contributed by atoms with van der Waals surface area (Å²) in [6, 6.07) is 9.88. The summed E-state index contributed by atoms with van der Waals surface area (Å²) in [6.45, 7) is 0. The molecule has 3 aromatic rings. The predicted molar refractivity (Wildman–Crippen MR) is 74.6 cm³/mol. The van der Waals surface area contributed by atoms with Crippen molar-refractivity contribution in [1.29, 1.82) is 0 Å². The van der Waals surface area contributed by atoms with Gasteiger partial charge in [0, 0.05) is 5.56 Å². The van der Waals surface area contributed by atoms with E-state index in [1.165, 1.54) is 6.33 Å². The number of hydrogen-bond donors (Lipinski definition) is 1. The van der Waals surface area contributed by atoms with E-state index in [0.717, 1.165) is 22.3 Å². The number of rotatable bonds is 1. The van der Waals surface area contributed by atoms with Gasteiger partial charge < -0.3 is 5.73 Å². The smallest absolute Gasteiger partial charge is 0.174 e. The molecule has 6 heteroatoms. The molecule has 0 bridgehead atoms. The van der Waals surface area contributed by atoms with Crippen molar-refractivity contribution in [2.45, 2.75) is 0 Å². The Morgan fingerprint density at radius 1 is 1.12 bits per heavy atom. The number of hydrogen-bond acceptors (Lipinski definition) is 4. The molecule has 84 valence electrons. The first kappa shape index (κ1) is 10.5. The summed E-state index contributed by atoms with van der Waals surface area (Å²) in [6.07, 6.45) is 1.45. The quantitative estimate of drug-likeness (QED) is 0.692. The molecule has 2 heterocycles. The summed E-state index contributed by atoms with van der Waals surface area (Å²) in [5.74, 6) is 0.455. The number of aromatic nitrogens is 4. The third-order valence-corrected chi connectivity index (χ3v) is 3.18. The van der Waals surface area contributed by atoms with Gasteiger partial charge >= 0.3 is 0 Å². The van der Waals surface area contributed by atoms with Crippen molar-refractivity contribution in [2.75, 3.05) is 5.73 Å². The summed E-state index contributed by atoms with van der Waals surface area (Å²) >= 11 is 2.08. The Morgan fingerprint density at radius 2 is 1.88 bits per heavy atom. The number of nitrogen functional groups attached to an aromatic ring is 1. The first-order chi connectivity index (χ1) is 8.27. The van der Waals surface area contributed by atoms with E-state index in [1.807, 2.05) is 30.3 Å². The standard InChI is InChI=1S/C11H8IN5/c12-17-11-8(10(13)14-6-15-11)9(16-17)7-4-2-1-3-5-7/h1-6H,(H2,13,14,15). The molecule has 0 atom stereocenters. The minimum atomic E-state index is 0.455. The molecule has 0 aliphatic heterocycles. The largest absolute Gasteiger partial charge is 0.383 e. The van der Waals surface area contributed by atoms with E-state index in [9.17, 15) is 0 Å². The third-order valence-electron chi connectivity index (χ3n) is 2.50. The van der Waals surface area contributed by atoms with Crippen LogP contribution in [0.15, 0.2) is 36.7 Å². The Morgan fingerprint density at radius 3 is 2.65 bits per heavy atom. The van der Waals surface area contributed by atoms with E-state index in [0.29, 0.717) is 5.82 Å². The van der Waals surface area contributed by atoms with Crippen molar-refractivity contribution < 1.29 is 0 Å². The van der Waals surface area contributed by atoms with Gasteiger partial charge in [0.05, 0.1) is 28.3 Å². The first-order valence-electron chi connectivity index (χ1n) is 4.98. The molecule has 0 aliphatic carbocycles. The van der Waals surface area contributed by atoms with Crippen molar-refractivity contribution in [3.8, 4) is 11.3 Å². The highest BCUT2D eigenvalue weighted by molar-refractivity contribution is 14.1. The predicted octanol–water partition coefficient (Wildman–Crippen LogP) is 2.27. The van der Waals surface area contributed by atoms with Crippen LogP contribution in [0.4, 0.5) is 5.82 Å². The molecule has 1 aromatic carbocycles. The fourth-order valence-corrected chi connectivity index (χ4v) is 2.32. The van der Waals surface area contributed by atoms with Crippen LogP contribution in [-0.4, -0.2) is 18.0 Å².